The van der Waals surface area contributed by atoms with Crippen LogP contribution in [0.5, 0.6) is 0 Å². The Hall–Kier alpha value is -1.99. The standard InChI is InChI=1S/C21H25N3O2S2/c1-2-16-6-3-4-7-17(16)22-20(26)23-11-9-21(10-12-23)24(13-15-28-21)19(25)18-8-5-14-27-18/h3-8,14H,2,9-13,15H2,1H3,(H,22,26). The first-order chi connectivity index (χ1) is 13.6. The van der Waals surface area contributed by atoms with Gasteiger partial charge in [0.15, 0.2) is 0 Å². The average molecular weight is 416 g/mol. The Labute approximate surface area is 174 Å². The van der Waals surface area contributed by atoms with Crippen LogP contribution in [0.1, 0.15) is 35.0 Å². The first-order valence-corrected chi connectivity index (χ1v) is 11.6. The molecule has 28 heavy (non-hydrogen) atoms. The molecule has 2 fully saturated rings. The molecular formula is C21H25N3O2S2. The second-order valence-electron chi connectivity index (χ2n) is 7.16. The summed E-state index contributed by atoms with van der Waals surface area (Å²) >= 11 is 3.37. The highest BCUT2D eigenvalue weighted by atomic mass is 32.2. The third-order valence-electron chi connectivity index (χ3n) is 5.63. The summed E-state index contributed by atoms with van der Waals surface area (Å²) in [7, 11) is 0. The molecule has 0 unspecified atom stereocenters. The molecule has 0 aliphatic carbocycles. The van der Waals surface area contributed by atoms with E-state index in [1.165, 1.54) is 11.3 Å². The predicted molar refractivity (Wildman–Crippen MR) is 116 cm³/mol. The highest BCUT2D eigenvalue weighted by Gasteiger charge is 2.47. The van der Waals surface area contributed by atoms with Gasteiger partial charge in [-0.1, -0.05) is 31.2 Å². The molecule has 1 aromatic heterocycles. The van der Waals surface area contributed by atoms with E-state index in [4.69, 9.17) is 0 Å². The zero-order chi connectivity index (χ0) is 19.6. The van der Waals surface area contributed by atoms with Crippen LogP contribution in [-0.4, -0.2) is 52.0 Å². The Kier molecular flexibility index (Phi) is 5.64. The predicted octanol–water partition coefficient (Wildman–Crippen LogP) is 4.52. The fourth-order valence-corrected chi connectivity index (χ4v) is 6.17. The molecule has 1 N–H and O–H groups in total. The number of para-hydroxylation sites is 1. The van der Waals surface area contributed by atoms with Crippen molar-refractivity contribution in [3.05, 3.63) is 52.2 Å². The van der Waals surface area contributed by atoms with E-state index in [0.29, 0.717) is 13.1 Å². The Morgan fingerprint density at radius 1 is 1.11 bits per heavy atom. The van der Waals surface area contributed by atoms with Crippen LogP contribution in [-0.2, 0) is 6.42 Å². The van der Waals surface area contributed by atoms with E-state index in [9.17, 15) is 9.59 Å². The number of thioether (sulfide) groups is 1. The summed E-state index contributed by atoms with van der Waals surface area (Å²) in [5.74, 6) is 1.10. The fraction of sp³-hybridized carbons (Fsp3) is 0.429. The number of thiophene rings is 1. The lowest BCUT2D eigenvalue weighted by Crippen LogP contribution is -2.54. The van der Waals surface area contributed by atoms with Gasteiger partial charge < -0.3 is 15.1 Å². The van der Waals surface area contributed by atoms with Crippen LogP contribution in [0.4, 0.5) is 10.5 Å². The van der Waals surface area contributed by atoms with Crippen molar-refractivity contribution in [2.45, 2.75) is 31.1 Å². The van der Waals surface area contributed by atoms with E-state index in [2.05, 4.69) is 12.2 Å². The number of anilines is 1. The van der Waals surface area contributed by atoms with Crippen molar-refractivity contribution in [2.75, 3.05) is 30.7 Å². The Morgan fingerprint density at radius 3 is 2.61 bits per heavy atom. The lowest BCUT2D eigenvalue weighted by molar-refractivity contribution is 0.0590. The third kappa shape index (κ3) is 3.65. The Bertz CT molecular complexity index is 845. The molecular weight excluding hydrogens is 390 g/mol. The Morgan fingerprint density at radius 2 is 1.89 bits per heavy atom. The number of likely N-dealkylation sites (tertiary alicyclic amines) is 1. The van der Waals surface area contributed by atoms with Crippen molar-refractivity contribution < 1.29 is 9.59 Å². The van der Waals surface area contributed by atoms with Crippen molar-refractivity contribution in [2.24, 2.45) is 0 Å². The van der Waals surface area contributed by atoms with Gasteiger partial charge in [0.2, 0.25) is 0 Å². The zero-order valence-corrected chi connectivity index (χ0v) is 17.7. The van der Waals surface area contributed by atoms with Gasteiger partial charge >= 0.3 is 6.03 Å². The monoisotopic (exact) mass is 415 g/mol. The summed E-state index contributed by atoms with van der Waals surface area (Å²) in [4.78, 5) is 30.3. The first-order valence-electron chi connectivity index (χ1n) is 9.76. The minimum absolute atomic E-state index is 0.0464. The molecule has 0 saturated carbocycles. The topological polar surface area (TPSA) is 52.7 Å². The molecule has 2 aromatic rings. The van der Waals surface area contributed by atoms with Crippen LogP contribution in [0.3, 0.4) is 0 Å². The first kappa shape index (κ1) is 19.3. The molecule has 0 radical (unpaired) electrons. The van der Waals surface area contributed by atoms with E-state index < -0.39 is 0 Å². The quantitative estimate of drug-likeness (QED) is 0.802. The van der Waals surface area contributed by atoms with Gasteiger partial charge in [0.1, 0.15) is 0 Å². The van der Waals surface area contributed by atoms with E-state index in [1.54, 1.807) is 0 Å². The summed E-state index contributed by atoms with van der Waals surface area (Å²) in [5, 5.41) is 5.02. The summed E-state index contributed by atoms with van der Waals surface area (Å²) in [5.41, 5.74) is 2.03. The van der Waals surface area contributed by atoms with Crippen molar-refractivity contribution in [1.29, 1.82) is 0 Å². The molecule has 2 saturated heterocycles. The van der Waals surface area contributed by atoms with Crippen molar-refractivity contribution in [3.63, 3.8) is 0 Å². The third-order valence-corrected chi connectivity index (χ3v) is 8.04. The summed E-state index contributed by atoms with van der Waals surface area (Å²) in [6.45, 7) is 4.21. The van der Waals surface area contributed by atoms with Crippen molar-refractivity contribution >= 4 is 40.7 Å². The molecule has 4 rings (SSSR count). The lowest BCUT2D eigenvalue weighted by atomic mass is 10.0. The molecule has 2 aliphatic rings. The molecule has 0 atom stereocenters. The van der Waals surface area contributed by atoms with Gasteiger partial charge in [-0.25, -0.2) is 4.79 Å². The summed E-state index contributed by atoms with van der Waals surface area (Å²) in [6, 6.07) is 11.7. The molecule has 7 heteroatoms. The molecule has 148 valence electrons. The number of aryl methyl sites for hydroxylation is 1. The second-order valence-corrected chi connectivity index (χ2v) is 9.56. The Balaban J connectivity index is 1.41. The maximum absolute atomic E-state index is 12.9. The van der Waals surface area contributed by atoms with E-state index in [-0.39, 0.29) is 16.8 Å². The molecule has 0 bridgehead atoms. The van der Waals surface area contributed by atoms with Crippen LogP contribution >= 0.6 is 23.1 Å². The minimum atomic E-state index is -0.167. The number of piperidine rings is 1. The van der Waals surface area contributed by atoms with Crippen LogP contribution in [0.15, 0.2) is 41.8 Å². The fourth-order valence-electron chi connectivity index (χ4n) is 4.05. The highest BCUT2D eigenvalue weighted by molar-refractivity contribution is 8.00. The van der Waals surface area contributed by atoms with E-state index >= 15 is 0 Å². The van der Waals surface area contributed by atoms with Gasteiger partial charge in [-0.2, -0.15) is 0 Å². The summed E-state index contributed by atoms with van der Waals surface area (Å²) < 4.78 is 0. The molecule has 2 aliphatic heterocycles. The van der Waals surface area contributed by atoms with Crippen molar-refractivity contribution in [3.8, 4) is 0 Å². The largest absolute Gasteiger partial charge is 0.324 e. The van der Waals surface area contributed by atoms with E-state index in [1.807, 2.05) is 63.3 Å². The number of carbonyl (C=O) groups excluding carboxylic acids is 2. The van der Waals surface area contributed by atoms with Gasteiger partial charge in [0.25, 0.3) is 5.91 Å². The van der Waals surface area contributed by atoms with Gasteiger partial charge in [0, 0.05) is 31.1 Å². The molecule has 3 heterocycles. The SMILES string of the molecule is CCc1ccccc1NC(=O)N1CCC2(CC1)SCCN2C(=O)c1cccs1. The second kappa shape index (κ2) is 8.17. The molecule has 1 spiro atoms. The van der Waals surface area contributed by atoms with Gasteiger partial charge in [-0.15, -0.1) is 23.1 Å². The number of carbonyl (C=O) groups is 2. The highest BCUT2D eigenvalue weighted by Crippen LogP contribution is 2.44. The molecule has 5 nitrogen and oxygen atoms in total. The number of urea groups is 1. The maximum Gasteiger partial charge on any atom is 0.321 e. The smallest absolute Gasteiger partial charge is 0.321 e. The van der Waals surface area contributed by atoms with Crippen LogP contribution < -0.4 is 5.32 Å². The van der Waals surface area contributed by atoms with E-state index in [0.717, 1.165) is 47.7 Å². The number of hydrogen-bond acceptors (Lipinski definition) is 4. The van der Waals surface area contributed by atoms with Crippen LogP contribution in [0, 0.1) is 0 Å². The number of nitrogens with one attached hydrogen (secondary N) is 1. The van der Waals surface area contributed by atoms with Gasteiger partial charge in [-0.3, -0.25) is 4.79 Å². The van der Waals surface area contributed by atoms with Crippen LogP contribution in [0.25, 0.3) is 0 Å². The van der Waals surface area contributed by atoms with Crippen LogP contribution in [0.2, 0.25) is 0 Å². The maximum atomic E-state index is 12.9. The minimum Gasteiger partial charge on any atom is -0.324 e. The average Bonchev–Trinajstić information content (AvgIpc) is 3.39. The number of hydrogen-bond donors (Lipinski definition) is 1. The normalized spacial score (nSPS) is 18.5. The zero-order valence-electron chi connectivity index (χ0n) is 16.0. The van der Waals surface area contributed by atoms with Crippen molar-refractivity contribution in [1.82, 2.24) is 9.80 Å². The molecule has 3 amide bonds. The lowest BCUT2D eigenvalue weighted by Gasteiger charge is -2.43. The number of amides is 3. The van der Waals surface area contributed by atoms with Gasteiger partial charge in [0.05, 0.1) is 9.75 Å². The summed E-state index contributed by atoms with van der Waals surface area (Å²) in [6.07, 6.45) is 2.52. The number of rotatable bonds is 3. The molecule has 1 aromatic carbocycles. The number of nitrogens with zero attached hydrogens (tertiary/aromatic N) is 2. The van der Waals surface area contributed by atoms with Gasteiger partial charge in [-0.05, 0) is 42.3 Å². The number of benzene rings is 1.